The zero-order chi connectivity index (χ0) is 77.0. The van der Waals surface area contributed by atoms with Gasteiger partial charge in [0, 0.05) is 93.2 Å². The highest BCUT2D eigenvalue weighted by molar-refractivity contribution is 6.21. The molecular weight excluding hydrogens is 1440 g/mol. The number of hydrogen-bond donors (Lipinski definition) is 0. The van der Waals surface area contributed by atoms with E-state index in [0.29, 0.717) is 11.6 Å². The lowest BCUT2D eigenvalue weighted by Crippen LogP contribution is -1.97. The molecule has 0 N–H and O–H groups in total. The fourth-order valence-corrected chi connectivity index (χ4v) is 19.7. The summed E-state index contributed by atoms with van der Waals surface area (Å²) in [6.45, 7) is 0. The van der Waals surface area contributed by atoms with Crippen molar-refractivity contribution in [1.82, 2.24) is 33.6 Å². The Morgan fingerprint density at radius 2 is 0.585 bits per heavy atom. The van der Waals surface area contributed by atoms with Crippen LogP contribution in [-0.4, -0.2) is 33.6 Å². The third-order valence-corrected chi connectivity index (χ3v) is 25.1. The largest absolute Gasteiger partial charge is 0.456 e. The second-order valence-corrected chi connectivity index (χ2v) is 31.5. The first-order valence-electron chi connectivity index (χ1n) is 40.3. The number of nitrogens with zero attached hydrogens (tertiary/aromatic N) is 7. The predicted molar refractivity (Wildman–Crippen MR) is 487 cm³/mol. The van der Waals surface area contributed by atoms with Crippen LogP contribution in [0, 0.1) is 0 Å². The molecule has 0 unspecified atom stereocenters. The number of para-hydroxylation sites is 2. The van der Waals surface area contributed by atoms with Crippen LogP contribution in [-0.2, 0) is 0 Å². The molecule has 0 saturated carbocycles. The molecule has 544 valence electrons. The number of furan rings is 1. The lowest BCUT2D eigenvalue weighted by Gasteiger charge is -2.12. The van der Waals surface area contributed by atoms with Crippen molar-refractivity contribution in [2.75, 3.05) is 0 Å². The lowest BCUT2D eigenvalue weighted by atomic mass is 9.96. The maximum Gasteiger partial charge on any atom is 0.160 e. The van der Waals surface area contributed by atoms with E-state index >= 15 is 0 Å². The Labute approximate surface area is 676 Å². The smallest absolute Gasteiger partial charge is 0.160 e. The molecule has 6 heterocycles. The van der Waals surface area contributed by atoms with E-state index in [2.05, 4.69) is 396 Å². The van der Waals surface area contributed by atoms with E-state index in [1.807, 2.05) is 0 Å². The van der Waals surface area contributed by atoms with E-state index in [-0.39, 0.29) is 0 Å². The molecule has 8 nitrogen and oxygen atoms in total. The maximum absolute atomic E-state index is 6.45. The molecule has 118 heavy (non-hydrogen) atoms. The van der Waals surface area contributed by atoms with E-state index < -0.39 is 0 Å². The topological polar surface area (TPSA) is 79.5 Å². The summed E-state index contributed by atoms with van der Waals surface area (Å²) in [5.41, 5.74) is 35.7. The second-order valence-electron chi connectivity index (χ2n) is 31.5. The van der Waals surface area contributed by atoms with Gasteiger partial charge in [0.25, 0.3) is 0 Å². The Morgan fingerprint density at radius 3 is 1.21 bits per heavy atom. The second kappa shape index (κ2) is 24.8. The summed E-state index contributed by atoms with van der Waals surface area (Å²) in [5.74, 6) is 1.39. The molecule has 0 saturated heterocycles. The van der Waals surface area contributed by atoms with Gasteiger partial charge >= 0.3 is 0 Å². The van der Waals surface area contributed by atoms with Crippen LogP contribution in [0.25, 0.3) is 260 Å². The van der Waals surface area contributed by atoms with Crippen molar-refractivity contribution < 1.29 is 4.42 Å². The summed E-state index contributed by atoms with van der Waals surface area (Å²) in [6.07, 6.45) is 0. The minimum Gasteiger partial charge on any atom is -0.456 e. The Bertz CT molecular complexity index is 8510. The normalized spacial score (nSPS) is 12.2. The predicted octanol–water partition coefficient (Wildman–Crippen LogP) is 28.9. The van der Waals surface area contributed by atoms with Crippen LogP contribution in [0.15, 0.2) is 387 Å². The molecule has 0 aliphatic heterocycles. The van der Waals surface area contributed by atoms with E-state index in [1.165, 1.54) is 38.2 Å². The fourth-order valence-electron chi connectivity index (χ4n) is 19.7. The summed E-state index contributed by atoms with van der Waals surface area (Å²) >= 11 is 0. The number of fused-ring (bicyclic) bond motifs is 20. The third-order valence-electron chi connectivity index (χ3n) is 25.1. The summed E-state index contributed by atoms with van der Waals surface area (Å²) in [4.78, 5) is 21.7. The molecule has 24 aromatic rings. The van der Waals surface area contributed by atoms with E-state index in [9.17, 15) is 0 Å². The first-order chi connectivity index (χ1) is 58.4. The molecule has 0 atom stereocenters. The quantitative estimate of drug-likeness (QED) is 0.136. The van der Waals surface area contributed by atoms with Gasteiger partial charge in [-0.05, 0) is 234 Å². The van der Waals surface area contributed by atoms with Crippen LogP contribution < -0.4 is 0 Å². The third kappa shape index (κ3) is 9.65. The van der Waals surface area contributed by atoms with Crippen molar-refractivity contribution in [2.24, 2.45) is 0 Å². The van der Waals surface area contributed by atoms with Crippen molar-refractivity contribution >= 4 is 120 Å². The highest BCUT2D eigenvalue weighted by Crippen LogP contribution is 2.52. The average molecular weight is 1500 g/mol. The SMILES string of the molecule is c1ccc(-c2cccc(-n3c4ccc(-c5cccc(-c6nc7c8c(cccc8n6)-c6ccccc6-7)c5)cc4c4cc(-c5ccc6c(c5)c5cc(-c7cc8c9c(nc(-c%10cccc(-n%11c%12ccccc%12c%12cc(-c%13ccc%14oc%15ccc%16ccccc%16c%15c%14c%13)ccc%12%11)c%10)nc9c7)-c7ccccc7-8)ccc5n6-c5ccccc5)ccc43)c2)cc1. The zero-order valence-corrected chi connectivity index (χ0v) is 63.4. The van der Waals surface area contributed by atoms with E-state index in [4.69, 9.17) is 24.4 Å². The van der Waals surface area contributed by atoms with Gasteiger partial charge in [0.1, 0.15) is 11.2 Å². The van der Waals surface area contributed by atoms with Crippen LogP contribution in [0.4, 0.5) is 0 Å². The van der Waals surface area contributed by atoms with Gasteiger partial charge in [0.05, 0.1) is 55.5 Å². The summed E-state index contributed by atoms with van der Waals surface area (Å²) in [6, 6.07) is 139. The van der Waals surface area contributed by atoms with Gasteiger partial charge in [-0.25, -0.2) is 19.9 Å². The van der Waals surface area contributed by atoms with Gasteiger partial charge in [0.15, 0.2) is 11.6 Å². The van der Waals surface area contributed by atoms with Crippen LogP contribution in [0.1, 0.15) is 0 Å². The molecular formula is C110H63N7O. The van der Waals surface area contributed by atoms with Gasteiger partial charge in [-0.15, -0.1) is 0 Å². The molecule has 0 bridgehead atoms. The first kappa shape index (κ1) is 64.6. The first-order valence-corrected chi connectivity index (χ1v) is 40.3. The molecule has 8 heteroatoms. The fraction of sp³-hybridized carbons (Fsp3) is 0. The molecule has 6 aromatic heterocycles. The van der Waals surface area contributed by atoms with Gasteiger partial charge in [-0.2, -0.15) is 0 Å². The number of rotatable bonds is 10. The minimum atomic E-state index is 0.675. The maximum atomic E-state index is 6.45. The number of benzene rings is 18. The van der Waals surface area contributed by atoms with Crippen molar-refractivity contribution in [3.8, 4) is 140 Å². The summed E-state index contributed by atoms with van der Waals surface area (Å²) in [5, 5.41) is 13.9. The van der Waals surface area contributed by atoms with E-state index in [1.54, 1.807) is 0 Å². The highest BCUT2D eigenvalue weighted by atomic mass is 16.3. The Hall–Kier alpha value is -15.9. The van der Waals surface area contributed by atoms with Crippen LogP contribution in [0.5, 0.6) is 0 Å². The monoisotopic (exact) mass is 1500 g/mol. The Kier molecular flexibility index (Phi) is 13.6. The van der Waals surface area contributed by atoms with Crippen LogP contribution in [0.2, 0.25) is 0 Å². The molecule has 2 aliphatic carbocycles. The van der Waals surface area contributed by atoms with Crippen molar-refractivity contribution in [3.05, 3.63) is 382 Å². The average Bonchev–Trinajstić information content (AvgIpc) is 1.56. The van der Waals surface area contributed by atoms with E-state index in [0.717, 1.165) is 210 Å². The molecule has 0 spiro atoms. The number of hydrogen-bond acceptors (Lipinski definition) is 5. The molecule has 0 amide bonds. The van der Waals surface area contributed by atoms with Gasteiger partial charge in [0.2, 0.25) is 0 Å². The Balaban J connectivity index is 0.594. The molecule has 0 fully saturated rings. The molecule has 26 rings (SSSR count). The molecule has 0 radical (unpaired) electrons. The van der Waals surface area contributed by atoms with Crippen LogP contribution in [0.3, 0.4) is 0 Å². The summed E-state index contributed by atoms with van der Waals surface area (Å²) in [7, 11) is 0. The zero-order valence-electron chi connectivity index (χ0n) is 63.4. The van der Waals surface area contributed by atoms with Gasteiger partial charge < -0.3 is 18.1 Å². The minimum absolute atomic E-state index is 0.675. The standard InChI is InChI=1S/C110H63N7O/c1-3-19-64(20-4-1)67-23-16-28-78(54-67)117-100-48-39-68(66-22-15-24-74(53-66)109-111-94-37-18-36-84-81-31-9-11-34-85(81)107(113-109)105(84)94)57-89(100)90-59-71(42-49-101(90)117)70-41-47-98-88(58-70)91-60-73(43-50-99(91)115(98)77-26-5-2-6-27-77)76-62-92-82-32-10-12-35-86(82)108-106(92)95(63-76)112-110(114-108)75-25-17-29-79(55-75)116-96-38-14-13-33-83(96)87-56-69(40-46-97(87)116)72-45-51-102-93(61-72)104-80-30-8-7-21-65(80)44-52-103(104)118-102/h1-63H. The van der Waals surface area contributed by atoms with Crippen molar-refractivity contribution in [2.45, 2.75) is 0 Å². The lowest BCUT2D eigenvalue weighted by molar-refractivity contribution is 0.669. The number of aromatic nitrogens is 7. The highest BCUT2D eigenvalue weighted by Gasteiger charge is 2.29. The molecule has 2 aliphatic rings. The van der Waals surface area contributed by atoms with Crippen LogP contribution >= 0.6 is 0 Å². The summed E-state index contributed by atoms with van der Waals surface area (Å²) < 4.78 is 13.7. The van der Waals surface area contributed by atoms with Gasteiger partial charge in [-0.3, -0.25) is 0 Å². The Morgan fingerprint density at radius 1 is 0.186 bits per heavy atom. The molecule has 18 aromatic carbocycles. The van der Waals surface area contributed by atoms with Crippen molar-refractivity contribution in [1.29, 1.82) is 0 Å². The van der Waals surface area contributed by atoms with Crippen molar-refractivity contribution in [3.63, 3.8) is 0 Å². The van der Waals surface area contributed by atoms with Gasteiger partial charge in [-0.1, -0.05) is 237 Å².